The summed E-state index contributed by atoms with van der Waals surface area (Å²) in [5, 5.41) is 0. The molecule has 0 saturated carbocycles. The van der Waals surface area contributed by atoms with Crippen molar-refractivity contribution in [3.8, 4) is 0 Å². The van der Waals surface area contributed by atoms with Gasteiger partial charge in [0, 0.05) is 19.1 Å². The monoisotopic (exact) mass is 248 g/mol. The molecular formula is C15H24N2O. The normalized spacial score (nSPS) is 20.6. The molecule has 2 unspecified atom stereocenters. The van der Waals surface area contributed by atoms with Crippen LogP contribution in [0.1, 0.15) is 44.3 Å². The van der Waals surface area contributed by atoms with E-state index in [2.05, 4.69) is 30.9 Å². The number of nitrogens with two attached hydrogens (primary N) is 1. The van der Waals surface area contributed by atoms with Gasteiger partial charge >= 0.3 is 0 Å². The molecule has 0 radical (unpaired) electrons. The summed E-state index contributed by atoms with van der Waals surface area (Å²) in [5.41, 5.74) is 7.78. The maximum Gasteiger partial charge on any atom is 0.122 e. The van der Waals surface area contributed by atoms with E-state index in [0.29, 0.717) is 0 Å². The summed E-state index contributed by atoms with van der Waals surface area (Å²) in [7, 11) is 0. The van der Waals surface area contributed by atoms with Crippen LogP contribution in [0.5, 0.6) is 0 Å². The first-order valence-corrected chi connectivity index (χ1v) is 6.83. The summed E-state index contributed by atoms with van der Waals surface area (Å²) in [5.74, 6) is 1.97. The van der Waals surface area contributed by atoms with E-state index in [-0.39, 0.29) is 12.1 Å². The molecule has 0 saturated heterocycles. The minimum atomic E-state index is 0.127. The van der Waals surface area contributed by atoms with Gasteiger partial charge in [-0.05, 0) is 38.8 Å². The van der Waals surface area contributed by atoms with Crippen molar-refractivity contribution in [3.05, 3.63) is 35.3 Å². The third kappa shape index (κ3) is 2.85. The quantitative estimate of drug-likeness (QED) is 0.833. The second-order valence-corrected chi connectivity index (χ2v) is 5.26. The van der Waals surface area contributed by atoms with Gasteiger partial charge in [0.15, 0.2) is 0 Å². The Bertz CT molecular complexity index is 422. The van der Waals surface area contributed by atoms with Gasteiger partial charge in [-0.15, -0.1) is 0 Å². The summed E-state index contributed by atoms with van der Waals surface area (Å²) >= 11 is 0. The lowest BCUT2D eigenvalue weighted by molar-refractivity contribution is 0.158. The van der Waals surface area contributed by atoms with E-state index in [1.54, 1.807) is 0 Å². The molecule has 0 amide bonds. The average Bonchev–Trinajstić information content (AvgIpc) is 2.78. The predicted octanol–water partition coefficient (Wildman–Crippen LogP) is 3.02. The molecule has 3 heteroatoms. The Morgan fingerprint density at radius 3 is 2.67 bits per heavy atom. The average molecular weight is 248 g/mol. The summed E-state index contributed by atoms with van der Waals surface area (Å²) in [6.07, 6.45) is 4.39. The Kier molecular flexibility index (Phi) is 4.25. The molecule has 2 rings (SSSR count). The van der Waals surface area contributed by atoms with Crippen molar-refractivity contribution in [2.24, 2.45) is 5.73 Å². The Labute approximate surface area is 110 Å². The lowest BCUT2D eigenvalue weighted by Crippen LogP contribution is -2.42. The Morgan fingerprint density at radius 2 is 2.17 bits per heavy atom. The highest BCUT2D eigenvalue weighted by atomic mass is 16.3. The van der Waals surface area contributed by atoms with Gasteiger partial charge in [0.05, 0.1) is 6.04 Å². The minimum Gasteiger partial charge on any atom is -0.465 e. The standard InChI is InChI=1S/C15H24N2O/c1-4-13(16)15(14-6-5-12(3)18-14)17-9-7-11(2)8-10-17/h5-7,13,15H,4,8-10,16H2,1-3H3. The zero-order valence-electron chi connectivity index (χ0n) is 11.6. The topological polar surface area (TPSA) is 42.4 Å². The largest absolute Gasteiger partial charge is 0.465 e. The van der Waals surface area contributed by atoms with Gasteiger partial charge < -0.3 is 10.2 Å². The smallest absolute Gasteiger partial charge is 0.122 e. The molecule has 3 nitrogen and oxygen atoms in total. The predicted molar refractivity (Wildman–Crippen MR) is 74.4 cm³/mol. The van der Waals surface area contributed by atoms with Gasteiger partial charge in [0.25, 0.3) is 0 Å². The van der Waals surface area contributed by atoms with Gasteiger partial charge in [-0.2, -0.15) is 0 Å². The van der Waals surface area contributed by atoms with E-state index < -0.39 is 0 Å². The van der Waals surface area contributed by atoms with Crippen molar-refractivity contribution in [1.82, 2.24) is 4.90 Å². The van der Waals surface area contributed by atoms with E-state index in [1.807, 2.05) is 13.0 Å². The lowest BCUT2D eigenvalue weighted by atomic mass is 9.99. The second-order valence-electron chi connectivity index (χ2n) is 5.26. The summed E-state index contributed by atoms with van der Waals surface area (Å²) in [4.78, 5) is 2.43. The fourth-order valence-corrected chi connectivity index (χ4v) is 2.54. The summed E-state index contributed by atoms with van der Waals surface area (Å²) < 4.78 is 5.81. The highest BCUT2D eigenvalue weighted by molar-refractivity contribution is 5.14. The Hall–Kier alpha value is -1.06. The van der Waals surface area contributed by atoms with Crippen molar-refractivity contribution >= 4 is 0 Å². The van der Waals surface area contributed by atoms with Gasteiger partial charge in [0.1, 0.15) is 11.5 Å². The molecular weight excluding hydrogens is 224 g/mol. The second kappa shape index (κ2) is 5.72. The molecule has 2 heterocycles. The first kappa shape index (κ1) is 13.4. The molecule has 1 aliphatic heterocycles. The van der Waals surface area contributed by atoms with Crippen LogP contribution in [0.25, 0.3) is 0 Å². The third-order valence-electron chi connectivity index (χ3n) is 3.79. The fourth-order valence-electron chi connectivity index (χ4n) is 2.54. The molecule has 2 N–H and O–H groups in total. The third-order valence-corrected chi connectivity index (χ3v) is 3.79. The van der Waals surface area contributed by atoms with Crippen LogP contribution in [-0.4, -0.2) is 24.0 Å². The highest BCUT2D eigenvalue weighted by Gasteiger charge is 2.28. The van der Waals surface area contributed by atoms with Crippen LogP contribution in [0.4, 0.5) is 0 Å². The minimum absolute atomic E-state index is 0.127. The van der Waals surface area contributed by atoms with Gasteiger partial charge in [-0.1, -0.05) is 18.6 Å². The van der Waals surface area contributed by atoms with Crippen LogP contribution < -0.4 is 5.73 Å². The van der Waals surface area contributed by atoms with Crippen LogP contribution in [0.3, 0.4) is 0 Å². The van der Waals surface area contributed by atoms with E-state index in [9.17, 15) is 0 Å². The number of hydrogen-bond acceptors (Lipinski definition) is 3. The van der Waals surface area contributed by atoms with Gasteiger partial charge in [0.2, 0.25) is 0 Å². The van der Waals surface area contributed by atoms with Crippen LogP contribution in [0, 0.1) is 6.92 Å². The van der Waals surface area contributed by atoms with Crippen molar-refractivity contribution in [3.63, 3.8) is 0 Å². The van der Waals surface area contributed by atoms with E-state index in [4.69, 9.17) is 10.2 Å². The Morgan fingerprint density at radius 1 is 1.39 bits per heavy atom. The zero-order valence-corrected chi connectivity index (χ0v) is 11.6. The molecule has 1 aromatic rings. The van der Waals surface area contributed by atoms with Gasteiger partial charge in [-0.3, -0.25) is 4.90 Å². The lowest BCUT2D eigenvalue weighted by Gasteiger charge is -2.35. The van der Waals surface area contributed by atoms with Crippen molar-refractivity contribution < 1.29 is 4.42 Å². The van der Waals surface area contributed by atoms with Crippen LogP contribution >= 0.6 is 0 Å². The fraction of sp³-hybridized carbons (Fsp3) is 0.600. The van der Waals surface area contributed by atoms with Crippen LogP contribution in [0.2, 0.25) is 0 Å². The number of furan rings is 1. The number of aryl methyl sites for hydroxylation is 1. The SMILES string of the molecule is CCC(N)C(c1ccc(C)o1)N1CC=C(C)CC1. The van der Waals surface area contributed by atoms with E-state index in [1.165, 1.54) is 5.57 Å². The molecule has 1 aliphatic rings. The van der Waals surface area contributed by atoms with Gasteiger partial charge in [-0.25, -0.2) is 0 Å². The van der Waals surface area contributed by atoms with Crippen LogP contribution in [-0.2, 0) is 0 Å². The van der Waals surface area contributed by atoms with E-state index in [0.717, 1.165) is 37.5 Å². The molecule has 100 valence electrons. The molecule has 0 fully saturated rings. The molecule has 2 atom stereocenters. The van der Waals surface area contributed by atoms with Crippen molar-refractivity contribution in [1.29, 1.82) is 0 Å². The molecule has 0 aliphatic carbocycles. The molecule has 0 bridgehead atoms. The first-order chi connectivity index (χ1) is 8.61. The molecule has 0 spiro atoms. The maximum atomic E-state index is 6.30. The van der Waals surface area contributed by atoms with Crippen LogP contribution in [0.15, 0.2) is 28.2 Å². The van der Waals surface area contributed by atoms with Crippen molar-refractivity contribution in [2.75, 3.05) is 13.1 Å². The number of rotatable bonds is 4. The summed E-state index contributed by atoms with van der Waals surface area (Å²) in [6.45, 7) is 8.37. The zero-order chi connectivity index (χ0) is 13.1. The molecule has 1 aromatic heterocycles. The van der Waals surface area contributed by atoms with E-state index >= 15 is 0 Å². The molecule has 0 aromatic carbocycles. The molecule has 18 heavy (non-hydrogen) atoms. The number of nitrogens with zero attached hydrogens (tertiary/aromatic N) is 1. The summed E-state index contributed by atoms with van der Waals surface area (Å²) in [6, 6.07) is 4.42. The number of hydrogen-bond donors (Lipinski definition) is 1. The van der Waals surface area contributed by atoms with Crippen molar-refractivity contribution in [2.45, 2.75) is 45.7 Å². The maximum absolute atomic E-state index is 6.30. The highest BCUT2D eigenvalue weighted by Crippen LogP contribution is 2.29. The Balaban J connectivity index is 2.20. The first-order valence-electron chi connectivity index (χ1n) is 6.83.